The number of carboxylic acids is 1. The van der Waals surface area contributed by atoms with Gasteiger partial charge in [0.05, 0.1) is 13.1 Å². The van der Waals surface area contributed by atoms with Crippen molar-refractivity contribution < 1.29 is 19.4 Å². The summed E-state index contributed by atoms with van der Waals surface area (Å²) in [5, 5.41) is 10.3. The van der Waals surface area contributed by atoms with Crippen LogP contribution in [0.15, 0.2) is 24.3 Å². The van der Waals surface area contributed by atoms with E-state index in [0.29, 0.717) is 11.5 Å². The number of hydrogen-bond acceptors (Lipinski definition) is 4. The molecule has 0 heterocycles. The molecule has 0 fully saturated rings. The van der Waals surface area contributed by atoms with Crippen molar-refractivity contribution in [2.75, 3.05) is 13.7 Å². The Morgan fingerprint density at radius 2 is 2.19 bits per heavy atom. The molecule has 0 atom stereocenters. The number of hydrogen-bond donors (Lipinski definition) is 0. The first-order chi connectivity index (χ1) is 7.67. The van der Waals surface area contributed by atoms with Crippen LogP contribution in [-0.4, -0.2) is 19.7 Å². The highest BCUT2D eigenvalue weighted by atomic mass is 16.5. The highest BCUT2D eigenvalue weighted by Gasteiger charge is 2.04. The molecule has 0 aliphatic heterocycles. The van der Waals surface area contributed by atoms with Crippen LogP contribution in [0, 0.1) is 0 Å². The van der Waals surface area contributed by atoms with Gasteiger partial charge in [0, 0.05) is 0 Å². The summed E-state index contributed by atoms with van der Waals surface area (Å²) in [4.78, 5) is 10.3. The molecule has 0 radical (unpaired) electrons. The zero-order valence-electron chi connectivity index (χ0n) is 9.23. The fourth-order valence-corrected chi connectivity index (χ4v) is 1.24. The maximum absolute atomic E-state index is 10.3. The fraction of sp³-hybridized carbons (Fsp3) is 0.250. The van der Waals surface area contributed by atoms with Crippen LogP contribution >= 0.6 is 0 Å². The van der Waals surface area contributed by atoms with Gasteiger partial charge in [0.1, 0.15) is 6.61 Å². The summed E-state index contributed by atoms with van der Waals surface area (Å²) in [5.41, 5.74) is 0.958. The summed E-state index contributed by atoms with van der Waals surface area (Å²) in [6.07, 6.45) is 3.81. The Balaban J connectivity index is 2.88. The van der Waals surface area contributed by atoms with E-state index in [1.165, 1.54) is 7.11 Å². The summed E-state index contributed by atoms with van der Waals surface area (Å²) in [6.45, 7) is 1.42. The van der Waals surface area contributed by atoms with Crippen molar-refractivity contribution in [1.82, 2.24) is 0 Å². The molecule has 0 N–H and O–H groups in total. The second-order valence-corrected chi connectivity index (χ2v) is 3.07. The van der Waals surface area contributed by atoms with Gasteiger partial charge in [-0.3, -0.25) is 0 Å². The van der Waals surface area contributed by atoms with Gasteiger partial charge in [0.2, 0.25) is 0 Å². The van der Waals surface area contributed by atoms with Crippen LogP contribution in [0.2, 0.25) is 0 Å². The summed E-state index contributed by atoms with van der Waals surface area (Å²) in [7, 11) is 1.50. The lowest BCUT2D eigenvalue weighted by Crippen LogP contribution is -2.29. The first-order valence-corrected chi connectivity index (χ1v) is 4.80. The standard InChI is InChI=1S/C12H14O4/c1-3-4-9-5-6-10(11(7-9)15-2)16-8-12(13)14/h3-7H,8H2,1-2H3,(H,13,14)/p-1/b4-3-. The van der Waals surface area contributed by atoms with E-state index in [-0.39, 0.29) is 0 Å². The Hall–Kier alpha value is -1.97. The molecule has 1 rings (SSSR count). The quantitative estimate of drug-likeness (QED) is 0.739. The minimum atomic E-state index is -1.26. The van der Waals surface area contributed by atoms with Gasteiger partial charge >= 0.3 is 0 Å². The Morgan fingerprint density at radius 1 is 1.44 bits per heavy atom. The Labute approximate surface area is 94.1 Å². The number of aliphatic carboxylic acids is 1. The third-order valence-electron chi connectivity index (χ3n) is 1.89. The minimum absolute atomic E-state index is 0.389. The van der Waals surface area contributed by atoms with Gasteiger partial charge in [0.15, 0.2) is 11.5 Å². The monoisotopic (exact) mass is 221 g/mol. The maximum atomic E-state index is 10.3. The second-order valence-electron chi connectivity index (χ2n) is 3.07. The molecule has 16 heavy (non-hydrogen) atoms. The molecule has 0 bridgehead atoms. The van der Waals surface area contributed by atoms with Crippen LogP contribution in [0.25, 0.3) is 6.08 Å². The lowest BCUT2D eigenvalue weighted by molar-refractivity contribution is -0.307. The topological polar surface area (TPSA) is 58.6 Å². The molecule has 0 saturated carbocycles. The van der Waals surface area contributed by atoms with Crippen LogP contribution in [-0.2, 0) is 4.79 Å². The van der Waals surface area contributed by atoms with Crippen LogP contribution < -0.4 is 14.6 Å². The zero-order valence-corrected chi connectivity index (χ0v) is 9.23. The normalized spacial score (nSPS) is 10.4. The van der Waals surface area contributed by atoms with Crippen LogP contribution in [0.3, 0.4) is 0 Å². The van der Waals surface area contributed by atoms with Crippen LogP contribution in [0.5, 0.6) is 11.5 Å². The highest BCUT2D eigenvalue weighted by Crippen LogP contribution is 2.28. The number of benzene rings is 1. The smallest absolute Gasteiger partial charge is 0.161 e. The molecular formula is C12H13O4-. The molecule has 0 aromatic heterocycles. The molecule has 1 aromatic rings. The Morgan fingerprint density at radius 3 is 2.75 bits per heavy atom. The van der Waals surface area contributed by atoms with Gasteiger partial charge in [-0.1, -0.05) is 18.2 Å². The van der Waals surface area contributed by atoms with Gasteiger partial charge in [-0.2, -0.15) is 0 Å². The molecule has 0 saturated heterocycles. The van der Waals surface area contributed by atoms with Crippen molar-refractivity contribution in [2.45, 2.75) is 6.92 Å². The van der Waals surface area contributed by atoms with E-state index in [1.807, 2.05) is 25.1 Å². The van der Waals surface area contributed by atoms with E-state index in [2.05, 4.69) is 0 Å². The summed E-state index contributed by atoms with van der Waals surface area (Å²) in [6, 6.07) is 5.24. The van der Waals surface area contributed by atoms with E-state index >= 15 is 0 Å². The number of carboxylic acid groups (broad SMARTS) is 1. The molecule has 0 aliphatic carbocycles. The van der Waals surface area contributed by atoms with E-state index in [4.69, 9.17) is 9.47 Å². The van der Waals surface area contributed by atoms with Gasteiger partial charge in [-0.25, -0.2) is 0 Å². The van der Waals surface area contributed by atoms with Gasteiger partial charge in [-0.15, -0.1) is 0 Å². The first kappa shape index (κ1) is 12.1. The number of carbonyl (C=O) groups excluding carboxylic acids is 1. The van der Waals surface area contributed by atoms with Crippen molar-refractivity contribution in [1.29, 1.82) is 0 Å². The molecular weight excluding hydrogens is 208 g/mol. The predicted molar refractivity (Wildman–Crippen MR) is 58.2 cm³/mol. The number of allylic oxidation sites excluding steroid dienone is 1. The lowest BCUT2D eigenvalue weighted by Gasteiger charge is -2.11. The Bertz CT molecular complexity index is 396. The average Bonchev–Trinajstić information content (AvgIpc) is 2.27. The van der Waals surface area contributed by atoms with E-state index < -0.39 is 12.6 Å². The molecule has 0 unspecified atom stereocenters. The summed E-state index contributed by atoms with van der Waals surface area (Å²) < 4.78 is 10.1. The van der Waals surface area contributed by atoms with Crippen LogP contribution in [0.1, 0.15) is 12.5 Å². The predicted octanol–water partition coefficient (Wildman–Crippen LogP) is 0.857. The number of carbonyl (C=O) groups is 1. The largest absolute Gasteiger partial charge is 0.546 e. The van der Waals surface area contributed by atoms with Crippen molar-refractivity contribution in [3.8, 4) is 11.5 Å². The number of ether oxygens (including phenoxy) is 2. The minimum Gasteiger partial charge on any atom is -0.546 e. The number of methoxy groups -OCH3 is 1. The molecule has 1 aromatic carbocycles. The third kappa shape index (κ3) is 3.31. The molecule has 86 valence electrons. The Kier molecular flexibility index (Phi) is 4.39. The van der Waals surface area contributed by atoms with Crippen molar-refractivity contribution >= 4 is 12.0 Å². The SMILES string of the molecule is C/C=C\c1ccc(OCC(=O)[O-])c(OC)c1. The molecule has 0 spiro atoms. The first-order valence-electron chi connectivity index (χ1n) is 4.80. The van der Waals surface area contributed by atoms with E-state index in [9.17, 15) is 9.90 Å². The van der Waals surface area contributed by atoms with Gasteiger partial charge in [0.25, 0.3) is 0 Å². The zero-order chi connectivity index (χ0) is 12.0. The number of rotatable bonds is 5. The lowest BCUT2D eigenvalue weighted by atomic mass is 10.2. The molecule has 0 amide bonds. The van der Waals surface area contributed by atoms with Crippen molar-refractivity contribution in [3.05, 3.63) is 29.8 Å². The third-order valence-corrected chi connectivity index (χ3v) is 1.89. The average molecular weight is 221 g/mol. The van der Waals surface area contributed by atoms with E-state index in [0.717, 1.165) is 5.56 Å². The van der Waals surface area contributed by atoms with Crippen molar-refractivity contribution in [3.63, 3.8) is 0 Å². The maximum Gasteiger partial charge on any atom is 0.161 e. The molecule has 0 aliphatic rings. The summed E-state index contributed by atoms with van der Waals surface area (Å²) >= 11 is 0. The molecule has 4 heteroatoms. The fourth-order valence-electron chi connectivity index (χ4n) is 1.24. The summed E-state index contributed by atoms with van der Waals surface area (Å²) in [5.74, 6) is -0.378. The van der Waals surface area contributed by atoms with Crippen molar-refractivity contribution in [2.24, 2.45) is 0 Å². The molecule has 4 nitrogen and oxygen atoms in total. The highest BCUT2D eigenvalue weighted by molar-refractivity contribution is 5.66. The van der Waals surface area contributed by atoms with Gasteiger partial charge < -0.3 is 19.4 Å². The second kappa shape index (κ2) is 5.80. The van der Waals surface area contributed by atoms with Gasteiger partial charge in [-0.05, 0) is 24.6 Å². The van der Waals surface area contributed by atoms with E-state index in [1.54, 1.807) is 12.1 Å². The van der Waals surface area contributed by atoms with Crippen LogP contribution in [0.4, 0.5) is 0 Å².